The van der Waals surface area contributed by atoms with E-state index in [1.54, 1.807) is 12.3 Å². The van der Waals surface area contributed by atoms with Gasteiger partial charge in [-0.3, -0.25) is 0 Å². The predicted molar refractivity (Wildman–Crippen MR) is 120 cm³/mol. The first-order valence-electron chi connectivity index (χ1n) is 9.44. The normalized spacial score (nSPS) is 11.0. The maximum absolute atomic E-state index is 9.04. The summed E-state index contributed by atoms with van der Waals surface area (Å²) in [6, 6.07) is 13.8. The number of rotatable bonds is 7. The van der Waals surface area contributed by atoms with Gasteiger partial charge < -0.3 is 9.55 Å². The lowest BCUT2D eigenvalue weighted by Gasteiger charge is -2.22. The van der Waals surface area contributed by atoms with Crippen LogP contribution >= 0.6 is 11.3 Å². The SMILES string of the molecule is CCN(CC)c1ccc(/C=N/c2nc3ccc(C#N)cc3s2)c(OB(C)C)c1. The van der Waals surface area contributed by atoms with Crippen LogP contribution in [0.2, 0.25) is 13.6 Å². The molecule has 1 aromatic heterocycles. The molecule has 0 atom stereocenters. The quantitative estimate of drug-likeness (QED) is 0.401. The Bertz CT molecular complexity index is 1030. The Morgan fingerprint density at radius 3 is 2.68 bits per heavy atom. The van der Waals surface area contributed by atoms with Crippen molar-refractivity contribution in [2.75, 3.05) is 18.0 Å². The largest absolute Gasteiger partial charge is 0.561 e. The molecule has 3 aromatic rings. The standard InChI is InChI=1S/C21H23BN4OS/c1-5-26(6-2)17-9-8-16(19(12-17)27-22(3)4)14-24-21-25-18-10-7-15(13-23)11-20(18)28-21/h7-12,14H,5-6H2,1-4H3/b24-14+. The first-order valence-corrected chi connectivity index (χ1v) is 10.3. The van der Waals surface area contributed by atoms with Gasteiger partial charge in [0, 0.05) is 36.6 Å². The van der Waals surface area contributed by atoms with Gasteiger partial charge in [-0.1, -0.05) is 11.3 Å². The number of aromatic nitrogens is 1. The summed E-state index contributed by atoms with van der Waals surface area (Å²) in [5, 5.41) is 9.70. The van der Waals surface area contributed by atoms with Crippen molar-refractivity contribution in [2.24, 2.45) is 4.99 Å². The number of nitriles is 1. The first kappa shape index (κ1) is 19.9. The van der Waals surface area contributed by atoms with E-state index >= 15 is 0 Å². The monoisotopic (exact) mass is 390 g/mol. The molecule has 7 heteroatoms. The zero-order chi connectivity index (χ0) is 20.1. The lowest BCUT2D eigenvalue weighted by Crippen LogP contribution is -2.22. The van der Waals surface area contributed by atoms with Gasteiger partial charge in [0.05, 0.1) is 21.8 Å². The van der Waals surface area contributed by atoms with Crippen LogP contribution in [0.5, 0.6) is 5.75 Å². The Morgan fingerprint density at radius 1 is 1.21 bits per heavy atom. The van der Waals surface area contributed by atoms with Gasteiger partial charge in [-0.25, -0.2) is 9.98 Å². The number of hydrogen-bond donors (Lipinski definition) is 0. The molecule has 3 rings (SSSR count). The molecule has 0 aliphatic heterocycles. The Morgan fingerprint density at radius 2 is 2.00 bits per heavy atom. The Kier molecular flexibility index (Phi) is 6.32. The van der Waals surface area contributed by atoms with E-state index in [0.717, 1.165) is 40.3 Å². The van der Waals surface area contributed by atoms with Crippen molar-refractivity contribution in [3.8, 4) is 11.8 Å². The molecule has 0 amide bonds. The molecule has 0 saturated carbocycles. The number of thiazole rings is 1. The number of aliphatic imine (C=N–C) groups is 1. The van der Waals surface area contributed by atoms with Crippen LogP contribution < -0.4 is 9.55 Å². The highest BCUT2D eigenvalue weighted by molar-refractivity contribution is 7.22. The van der Waals surface area contributed by atoms with Crippen LogP contribution in [0.4, 0.5) is 10.8 Å². The van der Waals surface area contributed by atoms with E-state index < -0.39 is 0 Å². The Hall–Kier alpha value is -2.85. The highest BCUT2D eigenvalue weighted by atomic mass is 32.1. The zero-order valence-corrected chi connectivity index (χ0v) is 17.5. The Labute approximate surface area is 170 Å². The number of fused-ring (bicyclic) bond motifs is 1. The van der Waals surface area contributed by atoms with Gasteiger partial charge in [-0.2, -0.15) is 5.26 Å². The summed E-state index contributed by atoms with van der Waals surface area (Å²) < 4.78 is 6.99. The average Bonchev–Trinajstić information content (AvgIpc) is 3.09. The van der Waals surface area contributed by atoms with E-state index in [4.69, 9.17) is 9.92 Å². The van der Waals surface area contributed by atoms with E-state index in [1.807, 2.05) is 31.8 Å². The molecule has 0 aliphatic rings. The molecule has 0 spiro atoms. The van der Waals surface area contributed by atoms with Gasteiger partial charge in [0.25, 0.3) is 0 Å². The van der Waals surface area contributed by atoms with Crippen molar-refractivity contribution in [3.05, 3.63) is 47.5 Å². The van der Waals surface area contributed by atoms with Crippen molar-refractivity contribution < 1.29 is 4.65 Å². The third kappa shape index (κ3) is 4.52. The van der Waals surface area contributed by atoms with Gasteiger partial charge in [-0.15, -0.1) is 0 Å². The molecule has 0 aliphatic carbocycles. The van der Waals surface area contributed by atoms with E-state index in [2.05, 4.69) is 46.9 Å². The van der Waals surface area contributed by atoms with Gasteiger partial charge >= 0.3 is 6.92 Å². The van der Waals surface area contributed by atoms with Crippen LogP contribution in [0.15, 0.2) is 41.4 Å². The molecular weight excluding hydrogens is 367 g/mol. The molecule has 2 aromatic carbocycles. The van der Waals surface area contributed by atoms with Crippen molar-refractivity contribution >= 4 is 45.5 Å². The lowest BCUT2D eigenvalue weighted by molar-refractivity contribution is 0.579. The second-order valence-electron chi connectivity index (χ2n) is 6.61. The van der Waals surface area contributed by atoms with Crippen LogP contribution in [0, 0.1) is 11.3 Å². The fourth-order valence-corrected chi connectivity index (χ4v) is 3.78. The molecular formula is C21H23BN4OS. The highest BCUT2D eigenvalue weighted by Gasteiger charge is 2.11. The van der Waals surface area contributed by atoms with Crippen LogP contribution in [0.1, 0.15) is 25.0 Å². The van der Waals surface area contributed by atoms with Crippen LogP contribution in [-0.4, -0.2) is 31.2 Å². The molecule has 0 fully saturated rings. The minimum Gasteiger partial charge on any atom is -0.561 e. The van der Waals surface area contributed by atoms with Crippen molar-refractivity contribution in [3.63, 3.8) is 0 Å². The molecule has 0 saturated heterocycles. The predicted octanol–water partition coefficient (Wildman–Crippen LogP) is 5.39. The number of anilines is 1. The fraction of sp³-hybridized carbons (Fsp3) is 0.286. The summed E-state index contributed by atoms with van der Waals surface area (Å²) in [5.41, 5.74) is 3.54. The van der Waals surface area contributed by atoms with E-state index in [0.29, 0.717) is 10.7 Å². The van der Waals surface area contributed by atoms with E-state index in [1.165, 1.54) is 11.3 Å². The molecule has 142 valence electrons. The maximum atomic E-state index is 9.04. The van der Waals surface area contributed by atoms with Crippen molar-refractivity contribution in [1.29, 1.82) is 5.26 Å². The van der Waals surface area contributed by atoms with E-state index in [9.17, 15) is 0 Å². The Balaban J connectivity index is 1.92. The number of nitrogens with zero attached hydrogens (tertiary/aromatic N) is 4. The van der Waals surface area contributed by atoms with Crippen LogP contribution in [-0.2, 0) is 0 Å². The molecule has 5 nitrogen and oxygen atoms in total. The third-order valence-corrected chi connectivity index (χ3v) is 5.23. The third-order valence-electron chi connectivity index (χ3n) is 4.31. The van der Waals surface area contributed by atoms with Crippen molar-refractivity contribution in [2.45, 2.75) is 27.5 Å². The minimum absolute atomic E-state index is 0.0750. The summed E-state index contributed by atoms with van der Waals surface area (Å²) in [4.78, 5) is 11.4. The van der Waals surface area contributed by atoms with Gasteiger partial charge in [0.1, 0.15) is 5.75 Å². The molecule has 0 unspecified atom stereocenters. The van der Waals surface area contributed by atoms with Gasteiger partial charge in [-0.05, 0) is 57.8 Å². The lowest BCUT2D eigenvalue weighted by atomic mass is 9.75. The fourth-order valence-electron chi connectivity index (χ4n) is 2.93. The van der Waals surface area contributed by atoms with Crippen LogP contribution in [0.25, 0.3) is 10.2 Å². The first-order chi connectivity index (χ1) is 13.5. The summed E-state index contributed by atoms with van der Waals surface area (Å²) in [7, 11) is 0. The second kappa shape index (κ2) is 8.90. The average molecular weight is 390 g/mol. The topological polar surface area (TPSA) is 61.5 Å². The summed E-state index contributed by atoms with van der Waals surface area (Å²) in [5.74, 6) is 0.816. The van der Waals surface area contributed by atoms with Crippen LogP contribution in [0.3, 0.4) is 0 Å². The van der Waals surface area contributed by atoms with Gasteiger partial charge in [0.15, 0.2) is 0 Å². The molecule has 28 heavy (non-hydrogen) atoms. The second-order valence-corrected chi connectivity index (χ2v) is 7.62. The smallest absolute Gasteiger partial charge is 0.351 e. The zero-order valence-electron chi connectivity index (χ0n) is 16.6. The molecule has 0 bridgehead atoms. The minimum atomic E-state index is 0.0750. The number of benzene rings is 2. The summed E-state index contributed by atoms with van der Waals surface area (Å²) in [6.45, 7) is 10.3. The van der Waals surface area contributed by atoms with Crippen molar-refractivity contribution in [1.82, 2.24) is 4.98 Å². The summed E-state index contributed by atoms with van der Waals surface area (Å²) >= 11 is 1.47. The number of hydrogen-bond acceptors (Lipinski definition) is 6. The van der Waals surface area contributed by atoms with E-state index in [-0.39, 0.29) is 6.92 Å². The maximum Gasteiger partial charge on any atom is 0.351 e. The molecule has 0 radical (unpaired) electrons. The molecule has 1 heterocycles. The summed E-state index contributed by atoms with van der Waals surface area (Å²) in [6.07, 6.45) is 1.80. The highest BCUT2D eigenvalue weighted by Crippen LogP contribution is 2.30. The van der Waals surface area contributed by atoms with Gasteiger partial charge in [0.2, 0.25) is 5.13 Å². The molecule has 0 N–H and O–H groups in total.